The molecule has 13 nitrogen and oxygen atoms in total. The van der Waals surface area contributed by atoms with Crippen LogP contribution in [0.4, 0.5) is 11.4 Å². The summed E-state index contributed by atoms with van der Waals surface area (Å²) in [6, 6.07) is 7.83. The number of rotatable bonds is 7. The van der Waals surface area contributed by atoms with Crippen molar-refractivity contribution < 1.29 is 9.57 Å². The monoisotopic (exact) mass is 595 g/mol. The van der Waals surface area contributed by atoms with Gasteiger partial charge in [0.15, 0.2) is 6.23 Å². The van der Waals surface area contributed by atoms with E-state index in [4.69, 9.17) is 19.5 Å². The zero-order valence-electron chi connectivity index (χ0n) is 25.0. The van der Waals surface area contributed by atoms with Gasteiger partial charge in [0, 0.05) is 48.3 Å². The first-order valence-electron chi connectivity index (χ1n) is 15.5. The van der Waals surface area contributed by atoms with Gasteiger partial charge in [-0.1, -0.05) is 0 Å². The fraction of sp³-hybridized carbons (Fsp3) is 0.484. The van der Waals surface area contributed by atoms with Crippen LogP contribution in [-0.4, -0.2) is 86.6 Å². The van der Waals surface area contributed by atoms with Crippen molar-refractivity contribution in [3.05, 3.63) is 36.9 Å². The summed E-state index contributed by atoms with van der Waals surface area (Å²) >= 11 is 0. The first-order valence-corrected chi connectivity index (χ1v) is 15.5. The highest BCUT2D eigenvalue weighted by atomic mass is 16.7. The second-order valence-corrected chi connectivity index (χ2v) is 12.1. The van der Waals surface area contributed by atoms with Gasteiger partial charge >= 0.3 is 0 Å². The van der Waals surface area contributed by atoms with E-state index in [2.05, 4.69) is 46.8 Å². The van der Waals surface area contributed by atoms with Gasteiger partial charge in [-0.2, -0.15) is 10.2 Å². The minimum atomic E-state index is -0.397. The van der Waals surface area contributed by atoms with Crippen molar-refractivity contribution in [2.75, 3.05) is 49.9 Å². The molecule has 5 aromatic rings. The Morgan fingerprint density at radius 3 is 2.45 bits per heavy atom. The molecule has 0 amide bonds. The molecule has 0 saturated carbocycles. The van der Waals surface area contributed by atoms with Crippen LogP contribution in [0.5, 0.6) is 6.01 Å². The number of nitrogens with one attached hydrogen (secondary N) is 3. The average molecular weight is 596 g/mol. The Bertz CT molecular complexity index is 1840. The van der Waals surface area contributed by atoms with Crippen molar-refractivity contribution in [3.8, 4) is 12.1 Å². The standard InChI is InChI=1S/C31H37N11O2/c1-19(15-32)30(44-41-18-40(20-3-9-33-10-4-20)27-23-6-12-35-29(23)37-17-25(27)41)39-13-7-21(8-14-39)42-26-22-5-11-34-28(22)36-16-24(26)38-31(42)43-2/h5-6,11-12,16-17,19-21,30,33H,3-4,7-10,13-14,18H2,1-2H3,(H,34,36)(H,35,37). The molecule has 0 aliphatic carbocycles. The Morgan fingerprint density at radius 2 is 1.70 bits per heavy atom. The summed E-state index contributed by atoms with van der Waals surface area (Å²) in [5, 5.41) is 17.7. The Morgan fingerprint density at radius 1 is 0.977 bits per heavy atom. The molecule has 2 atom stereocenters. The first-order chi connectivity index (χ1) is 21.6. The SMILES string of the molecule is COc1nc2cnc3[nH]ccc3c2n1C1CCN(C(ON2CN(C3CCNCC3)c3c2cnc2[nH]ccc32)C(C)C#N)CC1. The van der Waals surface area contributed by atoms with Crippen LogP contribution in [-0.2, 0) is 4.84 Å². The molecule has 0 spiro atoms. The highest BCUT2D eigenvalue weighted by Gasteiger charge is 2.39. The number of hydrogen-bond acceptors (Lipinski definition) is 10. The van der Waals surface area contributed by atoms with Crippen molar-refractivity contribution in [2.45, 2.75) is 50.9 Å². The minimum absolute atomic E-state index is 0.193. The largest absolute Gasteiger partial charge is 0.468 e. The number of fused-ring (bicyclic) bond motifs is 6. The number of H-pyrrole nitrogens is 2. The number of aromatic amines is 2. The summed E-state index contributed by atoms with van der Waals surface area (Å²) in [6.45, 7) is 6.12. The minimum Gasteiger partial charge on any atom is -0.468 e. The van der Waals surface area contributed by atoms with Crippen molar-refractivity contribution in [1.82, 2.24) is 39.7 Å². The van der Waals surface area contributed by atoms with Crippen molar-refractivity contribution in [1.29, 1.82) is 5.26 Å². The van der Waals surface area contributed by atoms with E-state index in [1.54, 1.807) is 13.3 Å². The fourth-order valence-corrected chi connectivity index (χ4v) is 7.38. The van der Waals surface area contributed by atoms with E-state index in [9.17, 15) is 5.26 Å². The lowest BCUT2D eigenvalue weighted by Gasteiger charge is -2.40. The molecule has 3 aliphatic heterocycles. The van der Waals surface area contributed by atoms with Gasteiger partial charge < -0.3 is 24.9 Å². The zero-order chi connectivity index (χ0) is 29.8. The number of pyridine rings is 2. The van der Waals surface area contributed by atoms with Crippen LogP contribution in [0.1, 0.15) is 38.6 Å². The van der Waals surface area contributed by atoms with Gasteiger partial charge in [-0.05, 0) is 57.8 Å². The van der Waals surface area contributed by atoms with Gasteiger partial charge in [-0.15, -0.1) is 0 Å². The summed E-state index contributed by atoms with van der Waals surface area (Å²) < 4.78 is 7.99. The van der Waals surface area contributed by atoms with Crippen molar-refractivity contribution >= 4 is 44.5 Å². The summed E-state index contributed by atoms with van der Waals surface area (Å²) in [7, 11) is 1.67. The van der Waals surface area contributed by atoms with Crippen LogP contribution in [0.3, 0.4) is 0 Å². The quantitative estimate of drug-likeness (QED) is 0.254. The van der Waals surface area contributed by atoms with E-state index in [0.29, 0.717) is 18.7 Å². The summed E-state index contributed by atoms with van der Waals surface area (Å²) in [6.07, 6.45) is 11.1. The topological polar surface area (TPSA) is 139 Å². The van der Waals surface area contributed by atoms with E-state index >= 15 is 0 Å². The van der Waals surface area contributed by atoms with E-state index in [1.165, 1.54) is 0 Å². The second-order valence-electron chi connectivity index (χ2n) is 12.1. The van der Waals surface area contributed by atoms with Gasteiger partial charge in [-0.3, -0.25) is 14.3 Å². The zero-order valence-corrected chi connectivity index (χ0v) is 25.0. The second kappa shape index (κ2) is 11.0. The third-order valence-electron chi connectivity index (χ3n) is 9.60. The van der Waals surface area contributed by atoms with Crippen LogP contribution in [0.15, 0.2) is 36.9 Å². The molecule has 2 fully saturated rings. The average Bonchev–Trinajstić information content (AvgIpc) is 3.87. The number of aromatic nitrogens is 6. The van der Waals surface area contributed by atoms with Gasteiger partial charge in [0.05, 0.1) is 42.7 Å². The fourth-order valence-electron chi connectivity index (χ4n) is 7.38. The molecule has 8 rings (SSSR count). The van der Waals surface area contributed by atoms with Crippen LogP contribution in [0.25, 0.3) is 33.1 Å². The summed E-state index contributed by atoms with van der Waals surface area (Å²) in [4.78, 5) is 32.1. The van der Waals surface area contributed by atoms with Crippen LogP contribution >= 0.6 is 0 Å². The smallest absolute Gasteiger partial charge is 0.297 e. The molecule has 0 aromatic carbocycles. The Kier molecular flexibility index (Phi) is 6.77. The Labute approximate surface area is 254 Å². The van der Waals surface area contributed by atoms with Gasteiger partial charge in [0.25, 0.3) is 6.01 Å². The molecular weight excluding hydrogens is 558 g/mol. The molecule has 3 aliphatic rings. The molecule has 8 heterocycles. The Balaban J connectivity index is 1.06. The molecular formula is C31H37N11O2. The molecule has 3 N–H and O–H groups in total. The third kappa shape index (κ3) is 4.36. The van der Waals surface area contributed by atoms with E-state index in [0.717, 1.165) is 96.3 Å². The Hall–Kier alpha value is -4.38. The lowest BCUT2D eigenvalue weighted by Crippen LogP contribution is -2.50. The molecule has 13 heteroatoms. The van der Waals surface area contributed by atoms with E-state index in [1.807, 2.05) is 36.6 Å². The van der Waals surface area contributed by atoms with Crippen LogP contribution in [0.2, 0.25) is 0 Å². The molecule has 2 saturated heterocycles. The molecule has 44 heavy (non-hydrogen) atoms. The highest BCUT2D eigenvalue weighted by molar-refractivity contribution is 6.01. The highest BCUT2D eigenvalue weighted by Crippen LogP contribution is 2.44. The number of likely N-dealkylation sites (tertiary alicyclic amines) is 1. The number of ether oxygens (including phenoxy) is 1. The number of methoxy groups -OCH3 is 1. The predicted molar refractivity (Wildman–Crippen MR) is 167 cm³/mol. The van der Waals surface area contributed by atoms with E-state index < -0.39 is 6.23 Å². The lowest BCUT2D eigenvalue weighted by molar-refractivity contribution is -0.0984. The number of hydrogen-bond donors (Lipinski definition) is 3. The molecule has 0 bridgehead atoms. The number of imidazole rings is 1. The van der Waals surface area contributed by atoms with E-state index in [-0.39, 0.29) is 12.0 Å². The maximum Gasteiger partial charge on any atom is 0.297 e. The molecule has 0 radical (unpaired) electrons. The molecule has 2 unspecified atom stereocenters. The number of hydroxylamine groups is 1. The lowest BCUT2D eigenvalue weighted by atomic mass is 10.0. The van der Waals surface area contributed by atoms with Crippen LogP contribution < -0.4 is 20.0 Å². The number of nitriles is 1. The number of anilines is 2. The summed E-state index contributed by atoms with van der Waals surface area (Å²) in [5.74, 6) is -0.332. The summed E-state index contributed by atoms with van der Waals surface area (Å²) in [5.41, 5.74) is 5.70. The number of nitrogens with zero attached hydrogens (tertiary/aromatic N) is 8. The predicted octanol–water partition coefficient (Wildman–Crippen LogP) is 3.89. The maximum atomic E-state index is 10.1. The maximum absolute atomic E-state index is 10.1. The van der Waals surface area contributed by atoms with Crippen molar-refractivity contribution in [2.24, 2.45) is 5.92 Å². The molecule has 5 aromatic heterocycles. The number of piperidine rings is 2. The van der Waals surface area contributed by atoms with Crippen LogP contribution in [0, 0.1) is 17.2 Å². The van der Waals surface area contributed by atoms with Gasteiger partial charge in [0.2, 0.25) is 0 Å². The third-order valence-corrected chi connectivity index (χ3v) is 9.60. The van der Waals surface area contributed by atoms with Gasteiger partial charge in [-0.25, -0.2) is 15.0 Å². The normalized spacial score (nSPS) is 20.0. The molecule has 228 valence electrons. The first kappa shape index (κ1) is 27.2. The van der Waals surface area contributed by atoms with Gasteiger partial charge in [0.1, 0.15) is 29.2 Å². The van der Waals surface area contributed by atoms with Crippen molar-refractivity contribution in [3.63, 3.8) is 0 Å².